The molecule has 0 amide bonds. The largest absolute Gasteiger partial charge is 0.497 e. The molecular formula is C19H20O6S. The van der Waals surface area contributed by atoms with Crippen molar-refractivity contribution in [1.82, 2.24) is 0 Å². The maximum absolute atomic E-state index is 12.4. The van der Waals surface area contributed by atoms with Crippen LogP contribution in [0.15, 0.2) is 41.3 Å². The minimum absolute atomic E-state index is 0.264. The summed E-state index contributed by atoms with van der Waals surface area (Å²) in [4.78, 5) is 25.6. The van der Waals surface area contributed by atoms with Gasteiger partial charge in [-0.1, -0.05) is 0 Å². The van der Waals surface area contributed by atoms with Gasteiger partial charge < -0.3 is 18.9 Å². The predicted octanol–water partition coefficient (Wildman–Crippen LogP) is 3.47. The van der Waals surface area contributed by atoms with Gasteiger partial charge in [-0.15, -0.1) is 11.8 Å². The molecule has 0 N–H and O–H groups in total. The molecule has 0 atom stereocenters. The van der Waals surface area contributed by atoms with Gasteiger partial charge in [-0.25, -0.2) is 4.79 Å². The van der Waals surface area contributed by atoms with Crippen molar-refractivity contribution in [3.05, 3.63) is 47.5 Å². The summed E-state index contributed by atoms with van der Waals surface area (Å²) in [7, 11) is 4.45. The highest BCUT2D eigenvalue weighted by molar-refractivity contribution is 7.98. The summed E-state index contributed by atoms with van der Waals surface area (Å²) >= 11 is 1.53. The number of methoxy groups -OCH3 is 3. The Bertz CT molecular complexity index is 735. The van der Waals surface area contributed by atoms with Crippen molar-refractivity contribution < 1.29 is 28.5 Å². The number of thioether (sulfide) groups is 1. The standard InChI is InChI=1S/C19H20O6S/c1-22-12-5-7-14(17(9-12)23-2)16(20)11-25-19(21)15-8-6-13(26-4)10-18(15)24-3/h5-10H,11H2,1-4H3. The topological polar surface area (TPSA) is 71.1 Å². The van der Waals surface area contributed by atoms with Crippen molar-refractivity contribution >= 4 is 23.5 Å². The van der Waals surface area contributed by atoms with Gasteiger partial charge in [0.25, 0.3) is 0 Å². The number of esters is 1. The van der Waals surface area contributed by atoms with Gasteiger partial charge >= 0.3 is 5.97 Å². The summed E-state index contributed by atoms with van der Waals surface area (Å²) in [6.07, 6.45) is 1.92. The number of carbonyl (C=O) groups is 2. The number of rotatable bonds is 8. The van der Waals surface area contributed by atoms with Crippen LogP contribution in [0.5, 0.6) is 17.2 Å². The number of hydrogen-bond donors (Lipinski definition) is 0. The smallest absolute Gasteiger partial charge is 0.342 e. The third-order valence-corrected chi connectivity index (χ3v) is 4.40. The molecule has 0 bridgehead atoms. The lowest BCUT2D eigenvalue weighted by molar-refractivity contribution is 0.0470. The summed E-state index contributed by atoms with van der Waals surface area (Å²) in [6.45, 7) is -0.408. The average molecular weight is 376 g/mol. The highest BCUT2D eigenvalue weighted by Crippen LogP contribution is 2.27. The van der Waals surface area contributed by atoms with Gasteiger partial charge in [0.1, 0.15) is 22.8 Å². The van der Waals surface area contributed by atoms with E-state index in [0.29, 0.717) is 22.8 Å². The van der Waals surface area contributed by atoms with Gasteiger partial charge in [-0.3, -0.25) is 4.79 Å². The van der Waals surface area contributed by atoms with Gasteiger partial charge in [0.15, 0.2) is 6.61 Å². The summed E-state index contributed by atoms with van der Waals surface area (Å²) in [5.74, 6) is 0.311. The zero-order chi connectivity index (χ0) is 19.1. The molecule has 0 heterocycles. The lowest BCUT2D eigenvalue weighted by Gasteiger charge is -2.11. The van der Waals surface area contributed by atoms with Gasteiger partial charge in [-0.2, -0.15) is 0 Å². The third kappa shape index (κ3) is 4.49. The second-order valence-corrected chi connectivity index (χ2v) is 6.01. The van der Waals surface area contributed by atoms with E-state index in [4.69, 9.17) is 18.9 Å². The van der Waals surface area contributed by atoms with Crippen LogP contribution in [0.3, 0.4) is 0 Å². The Morgan fingerprint density at radius 1 is 0.885 bits per heavy atom. The molecule has 26 heavy (non-hydrogen) atoms. The van der Waals surface area contributed by atoms with Crippen LogP contribution in [0.2, 0.25) is 0 Å². The van der Waals surface area contributed by atoms with E-state index in [1.165, 1.54) is 33.1 Å². The predicted molar refractivity (Wildman–Crippen MR) is 98.9 cm³/mol. The Morgan fingerprint density at radius 3 is 2.15 bits per heavy atom. The first kappa shape index (κ1) is 19.7. The van der Waals surface area contributed by atoms with Crippen molar-refractivity contribution in [2.45, 2.75) is 4.90 Å². The average Bonchev–Trinajstić information content (AvgIpc) is 2.70. The maximum atomic E-state index is 12.4. The summed E-state index contributed by atoms with van der Waals surface area (Å²) in [5, 5.41) is 0. The fourth-order valence-corrected chi connectivity index (χ4v) is 2.71. The third-order valence-electron chi connectivity index (χ3n) is 3.67. The SMILES string of the molecule is COc1ccc(C(=O)COC(=O)c2ccc(SC)cc2OC)c(OC)c1. The normalized spacial score (nSPS) is 10.2. The molecule has 0 aliphatic carbocycles. The monoisotopic (exact) mass is 376 g/mol. The fourth-order valence-electron chi connectivity index (χ4n) is 2.28. The first-order chi connectivity index (χ1) is 12.5. The maximum Gasteiger partial charge on any atom is 0.342 e. The van der Waals surface area contributed by atoms with E-state index < -0.39 is 12.6 Å². The number of carbonyl (C=O) groups excluding carboxylic acids is 2. The molecule has 0 spiro atoms. The van der Waals surface area contributed by atoms with Gasteiger partial charge in [-0.05, 0) is 36.6 Å². The molecule has 0 aliphatic rings. The first-order valence-corrected chi connectivity index (χ1v) is 8.90. The Morgan fingerprint density at radius 2 is 1.54 bits per heavy atom. The van der Waals surface area contributed by atoms with E-state index >= 15 is 0 Å². The van der Waals surface area contributed by atoms with Crippen LogP contribution in [-0.2, 0) is 4.74 Å². The Hall–Kier alpha value is -2.67. The second kappa shape index (κ2) is 9.15. The number of hydrogen-bond acceptors (Lipinski definition) is 7. The molecule has 0 aromatic heterocycles. The fraction of sp³-hybridized carbons (Fsp3) is 0.263. The van der Waals surface area contributed by atoms with E-state index in [-0.39, 0.29) is 11.3 Å². The molecule has 2 aromatic rings. The molecule has 0 aliphatic heterocycles. The Labute approximate surface area is 156 Å². The van der Waals surface area contributed by atoms with E-state index in [9.17, 15) is 9.59 Å². The van der Waals surface area contributed by atoms with Crippen LogP contribution in [0, 0.1) is 0 Å². The van der Waals surface area contributed by atoms with Crippen molar-refractivity contribution in [3.8, 4) is 17.2 Å². The second-order valence-electron chi connectivity index (χ2n) is 5.13. The molecule has 0 saturated heterocycles. The molecule has 7 heteroatoms. The molecule has 0 radical (unpaired) electrons. The minimum Gasteiger partial charge on any atom is -0.497 e. The zero-order valence-corrected chi connectivity index (χ0v) is 15.8. The molecule has 6 nitrogen and oxygen atoms in total. The van der Waals surface area contributed by atoms with Crippen LogP contribution < -0.4 is 14.2 Å². The zero-order valence-electron chi connectivity index (χ0n) is 15.0. The molecule has 138 valence electrons. The molecule has 2 rings (SSSR count). The van der Waals surface area contributed by atoms with Crippen molar-refractivity contribution in [1.29, 1.82) is 0 Å². The Kier molecular flexibility index (Phi) is 6.91. The van der Waals surface area contributed by atoms with Gasteiger partial charge in [0.05, 0.1) is 26.9 Å². The van der Waals surface area contributed by atoms with Crippen LogP contribution in [0.25, 0.3) is 0 Å². The number of Topliss-reactive ketones (excluding diaryl/α,β-unsaturated/α-hetero) is 1. The van der Waals surface area contributed by atoms with Crippen molar-refractivity contribution in [2.24, 2.45) is 0 Å². The van der Waals surface area contributed by atoms with Crippen LogP contribution in [-0.4, -0.2) is 45.9 Å². The summed E-state index contributed by atoms with van der Waals surface area (Å²) < 4.78 is 20.7. The number of ketones is 1. The van der Waals surface area contributed by atoms with E-state index in [1.807, 2.05) is 6.26 Å². The quantitative estimate of drug-likeness (QED) is 0.397. The molecular weight excluding hydrogens is 356 g/mol. The van der Waals surface area contributed by atoms with Crippen LogP contribution in [0.4, 0.5) is 0 Å². The van der Waals surface area contributed by atoms with Gasteiger partial charge in [0.2, 0.25) is 5.78 Å². The lowest BCUT2D eigenvalue weighted by Crippen LogP contribution is -2.15. The number of ether oxygens (including phenoxy) is 4. The highest BCUT2D eigenvalue weighted by atomic mass is 32.2. The number of benzene rings is 2. The Balaban J connectivity index is 2.11. The van der Waals surface area contributed by atoms with Crippen LogP contribution in [0.1, 0.15) is 20.7 Å². The van der Waals surface area contributed by atoms with E-state index in [0.717, 1.165) is 4.90 Å². The van der Waals surface area contributed by atoms with Crippen molar-refractivity contribution in [2.75, 3.05) is 34.2 Å². The minimum atomic E-state index is -0.629. The van der Waals surface area contributed by atoms with Gasteiger partial charge in [0, 0.05) is 11.0 Å². The summed E-state index contributed by atoms with van der Waals surface area (Å²) in [5.41, 5.74) is 0.575. The molecule has 0 saturated carbocycles. The first-order valence-electron chi connectivity index (χ1n) is 7.68. The van der Waals surface area contributed by atoms with Crippen molar-refractivity contribution in [3.63, 3.8) is 0 Å². The van der Waals surface area contributed by atoms with E-state index in [1.54, 1.807) is 36.4 Å². The summed E-state index contributed by atoms with van der Waals surface area (Å²) in [6, 6.07) is 9.96. The molecule has 2 aromatic carbocycles. The van der Waals surface area contributed by atoms with Crippen LogP contribution >= 0.6 is 11.8 Å². The lowest BCUT2D eigenvalue weighted by atomic mass is 10.1. The van der Waals surface area contributed by atoms with E-state index in [2.05, 4.69) is 0 Å². The molecule has 0 unspecified atom stereocenters. The highest BCUT2D eigenvalue weighted by Gasteiger charge is 2.19. The molecule has 0 fully saturated rings.